The zero-order valence-corrected chi connectivity index (χ0v) is 12.8. The molecule has 22 heavy (non-hydrogen) atoms. The summed E-state index contributed by atoms with van der Waals surface area (Å²) in [5, 5.41) is 0. The van der Waals surface area contributed by atoms with Crippen molar-refractivity contribution < 1.29 is 19.1 Å². The first-order chi connectivity index (χ1) is 10.6. The minimum atomic E-state index is -0.508. The topological polar surface area (TPSA) is 57.5 Å². The fraction of sp³-hybridized carbons (Fsp3) is 0.294. The van der Waals surface area contributed by atoms with E-state index < -0.39 is 11.9 Å². The van der Waals surface area contributed by atoms with Crippen molar-refractivity contribution in [1.29, 1.82) is 0 Å². The van der Waals surface area contributed by atoms with Crippen LogP contribution < -0.4 is 0 Å². The molecule has 0 amide bonds. The quantitative estimate of drug-likeness (QED) is 0.817. The summed E-state index contributed by atoms with van der Waals surface area (Å²) in [4.78, 5) is 24.1. The predicted molar refractivity (Wildman–Crippen MR) is 80.1 cm³/mol. The molecule has 1 unspecified atom stereocenters. The number of aromatic nitrogens is 1. The van der Waals surface area contributed by atoms with Gasteiger partial charge in [-0.15, -0.1) is 0 Å². The van der Waals surface area contributed by atoms with Crippen LogP contribution in [0.1, 0.15) is 43.7 Å². The average molecular weight is 299 g/mol. The summed E-state index contributed by atoms with van der Waals surface area (Å²) in [7, 11) is 2.63. The summed E-state index contributed by atoms with van der Waals surface area (Å²) < 4.78 is 11.7. The van der Waals surface area contributed by atoms with E-state index in [0.717, 1.165) is 17.0 Å². The first kappa shape index (κ1) is 14.4. The maximum atomic E-state index is 12.1. The van der Waals surface area contributed by atoms with Gasteiger partial charge in [0.2, 0.25) is 0 Å². The maximum absolute atomic E-state index is 12.1. The monoisotopic (exact) mass is 299 g/mol. The molecule has 1 aliphatic rings. The highest BCUT2D eigenvalue weighted by molar-refractivity contribution is 6.05. The Morgan fingerprint density at radius 3 is 2.23 bits per heavy atom. The molecule has 0 aliphatic carbocycles. The van der Waals surface area contributed by atoms with E-state index in [1.165, 1.54) is 14.2 Å². The fourth-order valence-corrected chi connectivity index (χ4v) is 3.17. The number of hydrogen-bond acceptors (Lipinski definition) is 4. The molecular formula is C17H17NO4. The molecule has 2 aromatic rings. The lowest BCUT2D eigenvalue weighted by atomic mass is 9.93. The largest absolute Gasteiger partial charge is 0.465 e. The van der Waals surface area contributed by atoms with E-state index in [4.69, 9.17) is 9.47 Å². The second-order valence-corrected chi connectivity index (χ2v) is 5.27. The van der Waals surface area contributed by atoms with E-state index in [2.05, 4.69) is 0 Å². The van der Waals surface area contributed by atoms with E-state index in [0.29, 0.717) is 17.5 Å². The van der Waals surface area contributed by atoms with Crippen LogP contribution in [0, 0.1) is 6.92 Å². The standard InChI is InChI=1S/C17H17NO4/c1-10-14(16(19)21-2)15(17(20)22-3)13-9-12(18(10)13)11-7-5-4-6-8-11/h4-8,12H,9H2,1-3H3. The van der Waals surface area contributed by atoms with E-state index in [1.807, 2.05) is 41.8 Å². The summed E-state index contributed by atoms with van der Waals surface area (Å²) in [6.07, 6.45) is 0.701. The predicted octanol–water partition coefficient (Wildman–Crippen LogP) is 2.52. The highest BCUT2D eigenvalue weighted by atomic mass is 16.5. The number of fused-ring (bicyclic) bond motifs is 1. The van der Waals surface area contributed by atoms with Crippen LogP contribution in [0.3, 0.4) is 0 Å². The molecule has 2 heterocycles. The maximum Gasteiger partial charge on any atom is 0.340 e. The Labute approximate surface area is 128 Å². The molecule has 5 nitrogen and oxygen atoms in total. The van der Waals surface area contributed by atoms with E-state index in [1.54, 1.807) is 0 Å². The second kappa shape index (κ2) is 5.33. The molecule has 0 radical (unpaired) electrons. The third-order valence-corrected chi connectivity index (χ3v) is 4.21. The third kappa shape index (κ3) is 1.93. The SMILES string of the molecule is COC(=O)c1c(C(=O)OC)c2n(c1C)C(c1ccccc1)C2. The molecule has 1 atom stereocenters. The second-order valence-electron chi connectivity index (χ2n) is 5.27. The Morgan fingerprint density at radius 1 is 1.05 bits per heavy atom. The Morgan fingerprint density at radius 2 is 1.64 bits per heavy atom. The lowest BCUT2D eigenvalue weighted by Crippen LogP contribution is -2.28. The van der Waals surface area contributed by atoms with Crippen molar-refractivity contribution in [3.8, 4) is 0 Å². The minimum absolute atomic E-state index is 0.137. The van der Waals surface area contributed by atoms with Crippen molar-refractivity contribution >= 4 is 11.9 Å². The summed E-state index contributed by atoms with van der Waals surface area (Å²) in [5.41, 5.74) is 3.36. The van der Waals surface area contributed by atoms with Crippen molar-refractivity contribution in [3.05, 3.63) is 58.4 Å². The number of esters is 2. The van der Waals surface area contributed by atoms with E-state index in [9.17, 15) is 9.59 Å². The van der Waals surface area contributed by atoms with Crippen molar-refractivity contribution in [2.45, 2.75) is 19.4 Å². The Bertz CT molecular complexity index is 712. The fourth-order valence-electron chi connectivity index (χ4n) is 3.17. The third-order valence-electron chi connectivity index (χ3n) is 4.21. The van der Waals surface area contributed by atoms with Crippen molar-refractivity contribution in [1.82, 2.24) is 4.57 Å². The molecule has 0 fully saturated rings. The number of carbonyl (C=O) groups is 2. The van der Waals surface area contributed by atoms with Gasteiger partial charge in [0.25, 0.3) is 0 Å². The Balaban J connectivity index is 2.14. The van der Waals surface area contributed by atoms with Gasteiger partial charge in [-0.25, -0.2) is 9.59 Å². The van der Waals surface area contributed by atoms with Crippen molar-refractivity contribution in [3.63, 3.8) is 0 Å². The van der Waals surface area contributed by atoms with Crippen LogP contribution in [0.2, 0.25) is 0 Å². The molecule has 0 saturated heterocycles. The van der Waals surface area contributed by atoms with Crippen LogP contribution in [-0.2, 0) is 15.9 Å². The Hall–Kier alpha value is -2.56. The van der Waals surface area contributed by atoms with Crippen molar-refractivity contribution in [2.24, 2.45) is 0 Å². The van der Waals surface area contributed by atoms with Crippen LogP contribution in [0.4, 0.5) is 0 Å². The minimum Gasteiger partial charge on any atom is -0.465 e. The van der Waals surface area contributed by atoms with Gasteiger partial charge in [0.1, 0.15) is 0 Å². The van der Waals surface area contributed by atoms with Crippen LogP contribution in [0.25, 0.3) is 0 Å². The van der Waals surface area contributed by atoms with Gasteiger partial charge in [-0.2, -0.15) is 0 Å². The van der Waals surface area contributed by atoms with E-state index >= 15 is 0 Å². The molecular weight excluding hydrogens is 282 g/mol. The summed E-state index contributed by atoms with van der Waals surface area (Å²) in [6.45, 7) is 1.83. The van der Waals surface area contributed by atoms with Gasteiger partial charge in [-0.05, 0) is 12.5 Å². The number of carbonyl (C=O) groups excluding carboxylic acids is 2. The zero-order chi connectivity index (χ0) is 15.9. The summed E-state index contributed by atoms with van der Waals surface area (Å²) in [5.74, 6) is -1.00. The van der Waals surface area contributed by atoms with Crippen LogP contribution in [0.5, 0.6) is 0 Å². The van der Waals surface area contributed by atoms with Gasteiger partial charge in [-0.1, -0.05) is 30.3 Å². The lowest BCUT2D eigenvalue weighted by molar-refractivity contribution is 0.0555. The average Bonchev–Trinajstić information content (AvgIpc) is 2.74. The molecule has 1 aromatic carbocycles. The molecule has 5 heteroatoms. The molecule has 0 spiro atoms. The number of methoxy groups -OCH3 is 2. The normalized spacial score (nSPS) is 15.7. The molecule has 114 valence electrons. The molecule has 1 aromatic heterocycles. The van der Waals surface area contributed by atoms with Gasteiger partial charge in [0.15, 0.2) is 0 Å². The van der Waals surface area contributed by atoms with Gasteiger partial charge < -0.3 is 14.0 Å². The van der Waals surface area contributed by atoms with Gasteiger partial charge in [0, 0.05) is 17.8 Å². The number of benzene rings is 1. The van der Waals surface area contributed by atoms with Gasteiger partial charge in [0.05, 0.1) is 31.4 Å². The summed E-state index contributed by atoms with van der Waals surface area (Å²) >= 11 is 0. The lowest BCUT2D eigenvalue weighted by Gasteiger charge is -2.33. The van der Waals surface area contributed by atoms with Crippen LogP contribution in [0.15, 0.2) is 30.3 Å². The van der Waals surface area contributed by atoms with E-state index in [-0.39, 0.29) is 6.04 Å². The van der Waals surface area contributed by atoms with Gasteiger partial charge >= 0.3 is 11.9 Å². The number of nitrogens with zero attached hydrogens (tertiary/aromatic N) is 1. The zero-order valence-electron chi connectivity index (χ0n) is 12.8. The number of ether oxygens (including phenoxy) is 2. The molecule has 1 aliphatic heterocycles. The van der Waals surface area contributed by atoms with Gasteiger partial charge in [-0.3, -0.25) is 0 Å². The van der Waals surface area contributed by atoms with Crippen LogP contribution >= 0.6 is 0 Å². The smallest absolute Gasteiger partial charge is 0.340 e. The van der Waals surface area contributed by atoms with Crippen molar-refractivity contribution in [2.75, 3.05) is 14.2 Å². The molecule has 0 bridgehead atoms. The highest BCUT2D eigenvalue weighted by Crippen LogP contribution is 2.41. The molecule has 0 N–H and O–H groups in total. The highest BCUT2D eigenvalue weighted by Gasteiger charge is 2.39. The van der Waals surface area contributed by atoms with Crippen LogP contribution in [-0.4, -0.2) is 30.7 Å². The first-order valence-electron chi connectivity index (χ1n) is 7.05. The summed E-state index contributed by atoms with van der Waals surface area (Å²) in [6, 6.07) is 10.2. The first-order valence-corrected chi connectivity index (χ1v) is 7.05. The molecule has 0 saturated carbocycles. The molecule has 3 rings (SSSR count). The number of rotatable bonds is 3. The number of hydrogen-bond donors (Lipinski definition) is 0. The Kier molecular flexibility index (Phi) is 3.48.